The number of rotatable bonds is 5. The summed E-state index contributed by atoms with van der Waals surface area (Å²) in [6.07, 6.45) is 5.73. The molecule has 1 aromatic rings. The van der Waals surface area contributed by atoms with Crippen molar-refractivity contribution < 1.29 is 9.59 Å². The van der Waals surface area contributed by atoms with E-state index in [1.807, 2.05) is 30.3 Å². The highest BCUT2D eigenvalue weighted by molar-refractivity contribution is 5.35. The third kappa shape index (κ3) is 3.85. The van der Waals surface area contributed by atoms with Crippen LogP contribution in [0, 0.1) is 17.3 Å². The first-order valence-corrected chi connectivity index (χ1v) is 9.51. The Labute approximate surface area is 148 Å². The number of hydrogen-bond donors (Lipinski definition) is 1. The van der Waals surface area contributed by atoms with Crippen molar-refractivity contribution in [3.8, 4) is 11.8 Å². The van der Waals surface area contributed by atoms with Crippen LogP contribution in [-0.2, 0) is 5.60 Å². The van der Waals surface area contributed by atoms with E-state index < -0.39 is 5.60 Å². The Morgan fingerprint density at radius 3 is 2.17 bits per heavy atom. The van der Waals surface area contributed by atoms with Crippen LogP contribution in [0.1, 0.15) is 58.4 Å². The van der Waals surface area contributed by atoms with Gasteiger partial charge in [-0.1, -0.05) is 57.0 Å². The lowest BCUT2D eigenvalue weighted by atomic mass is 9.66. The van der Waals surface area contributed by atoms with Crippen LogP contribution in [0.2, 0.25) is 0 Å². The topological polar surface area (TPSA) is 20.2 Å². The van der Waals surface area contributed by atoms with Gasteiger partial charge in [-0.15, -0.1) is 0 Å². The first kappa shape index (κ1) is 19.0. The largest absolute Gasteiger partial charge is 0.373 e. The summed E-state index contributed by atoms with van der Waals surface area (Å²) in [5.74, 6) is 6.70. The highest BCUT2D eigenvalue weighted by Gasteiger charge is 2.44. The number of hydrogen-bond acceptors (Lipinski definition) is 1. The quantitative estimate of drug-likeness (QED) is 0.630. The summed E-state index contributed by atoms with van der Waals surface area (Å²) >= 11 is 0. The molecule has 1 saturated heterocycles. The minimum Gasteiger partial charge on any atom is -0.373 e. The van der Waals surface area contributed by atoms with Gasteiger partial charge in [-0.05, 0) is 43.6 Å². The van der Waals surface area contributed by atoms with Crippen molar-refractivity contribution in [2.75, 3.05) is 26.7 Å². The molecule has 1 aromatic carbocycles. The van der Waals surface area contributed by atoms with Crippen LogP contribution in [0.4, 0.5) is 0 Å². The van der Waals surface area contributed by atoms with Gasteiger partial charge in [0.05, 0.1) is 20.1 Å². The van der Waals surface area contributed by atoms with Gasteiger partial charge < -0.3 is 9.59 Å². The van der Waals surface area contributed by atoms with E-state index in [2.05, 4.69) is 39.7 Å². The van der Waals surface area contributed by atoms with Crippen molar-refractivity contribution in [2.24, 2.45) is 5.41 Å². The number of benzene rings is 1. The van der Waals surface area contributed by atoms with Crippen molar-refractivity contribution in [1.82, 2.24) is 0 Å². The zero-order chi connectivity index (χ0) is 17.7. The first-order chi connectivity index (χ1) is 11.4. The second-order valence-electron chi connectivity index (χ2n) is 7.93. The number of piperidine rings is 1. The molecule has 0 amide bonds. The molecule has 0 aromatic heterocycles. The minimum atomic E-state index is -1.09. The molecule has 2 rings (SSSR count). The van der Waals surface area contributed by atoms with Crippen molar-refractivity contribution in [2.45, 2.75) is 58.5 Å². The van der Waals surface area contributed by atoms with E-state index in [-0.39, 0.29) is 5.41 Å². The molecule has 0 unspecified atom stereocenters. The third-order valence-electron chi connectivity index (χ3n) is 6.25. The van der Waals surface area contributed by atoms with Gasteiger partial charge in [0.2, 0.25) is 0 Å². The molecule has 1 aliphatic rings. The summed E-state index contributed by atoms with van der Waals surface area (Å²) in [7, 11) is 2.30. The first-order valence-electron chi connectivity index (χ1n) is 9.51. The second kappa shape index (κ2) is 7.72. The van der Waals surface area contributed by atoms with E-state index in [9.17, 15) is 5.11 Å². The molecule has 1 aliphatic heterocycles. The smallest absolute Gasteiger partial charge is 0.156 e. The van der Waals surface area contributed by atoms with Gasteiger partial charge in [0.15, 0.2) is 5.60 Å². The molecule has 1 heterocycles. The highest BCUT2D eigenvalue weighted by atomic mass is 16.3. The van der Waals surface area contributed by atoms with Crippen LogP contribution in [0.15, 0.2) is 30.3 Å². The molecule has 0 bridgehead atoms. The van der Waals surface area contributed by atoms with Crippen LogP contribution in [-0.4, -0.2) is 36.3 Å². The number of nitrogens with zero attached hydrogens (tertiary/aromatic N) is 1. The fourth-order valence-electron chi connectivity index (χ4n) is 3.80. The molecule has 24 heavy (non-hydrogen) atoms. The summed E-state index contributed by atoms with van der Waals surface area (Å²) < 4.78 is 1.02. The zero-order valence-electron chi connectivity index (χ0n) is 15.9. The van der Waals surface area contributed by atoms with Gasteiger partial charge in [0.1, 0.15) is 6.54 Å². The SMILES string of the molecule is CCC(C)(CC)[C@](O)(C#CC[N+]1(C)CCCCC1)c1ccccc1. The Balaban J connectivity index is 2.33. The highest BCUT2D eigenvalue weighted by Crippen LogP contribution is 2.44. The minimum absolute atomic E-state index is 0.248. The van der Waals surface area contributed by atoms with E-state index in [0.717, 1.165) is 29.4 Å². The van der Waals surface area contributed by atoms with Crippen molar-refractivity contribution in [3.63, 3.8) is 0 Å². The number of quaternary nitrogens is 1. The normalized spacial score (nSPS) is 19.9. The standard InChI is InChI=1S/C22H34NO/c1-5-21(3,6-2)22(24,20-14-9-7-10-15-20)16-13-19-23(4)17-11-8-12-18-23/h7,9-10,14-15,24H,5-6,8,11-12,17-19H2,1-4H3/q+1/t22-/m0/s1. The molecule has 0 radical (unpaired) electrons. The molecule has 1 N–H and O–H groups in total. The molecule has 0 aliphatic carbocycles. The summed E-state index contributed by atoms with van der Waals surface area (Å²) in [5.41, 5.74) is -0.417. The summed E-state index contributed by atoms with van der Waals surface area (Å²) in [6.45, 7) is 9.70. The lowest BCUT2D eigenvalue weighted by Crippen LogP contribution is -2.48. The van der Waals surface area contributed by atoms with Gasteiger partial charge in [-0.3, -0.25) is 0 Å². The Hall–Kier alpha value is -1.30. The molecule has 2 nitrogen and oxygen atoms in total. The summed E-state index contributed by atoms with van der Waals surface area (Å²) in [5, 5.41) is 11.6. The van der Waals surface area contributed by atoms with E-state index in [0.29, 0.717) is 0 Å². The van der Waals surface area contributed by atoms with Crippen molar-refractivity contribution in [1.29, 1.82) is 0 Å². The Kier molecular flexibility index (Phi) is 6.12. The van der Waals surface area contributed by atoms with Crippen LogP contribution in [0.5, 0.6) is 0 Å². The fraction of sp³-hybridized carbons (Fsp3) is 0.636. The Morgan fingerprint density at radius 1 is 1.04 bits per heavy atom. The maximum atomic E-state index is 11.6. The van der Waals surface area contributed by atoms with Gasteiger partial charge in [-0.25, -0.2) is 0 Å². The van der Waals surface area contributed by atoms with Gasteiger partial charge in [-0.2, -0.15) is 0 Å². The molecular weight excluding hydrogens is 294 g/mol. The maximum Gasteiger partial charge on any atom is 0.156 e. The molecule has 1 fully saturated rings. The van der Waals surface area contributed by atoms with Gasteiger partial charge in [0, 0.05) is 5.41 Å². The lowest BCUT2D eigenvalue weighted by molar-refractivity contribution is -0.907. The molecule has 0 saturated carbocycles. The monoisotopic (exact) mass is 328 g/mol. The lowest BCUT2D eigenvalue weighted by Gasteiger charge is -2.41. The molecule has 2 heteroatoms. The fourth-order valence-corrected chi connectivity index (χ4v) is 3.80. The van der Waals surface area contributed by atoms with E-state index in [1.54, 1.807) is 0 Å². The van der Waals surface area contributed by atoms with Crippen LogP contribution in [0.3, 0.4) is 0 Å². The Morgan fingerprint density at radius 2 is 1.62 bits per heavy atom. The second-order valence-corrected chi connectivity index (χ2v) is 7.93. The van der Waals surface area contributed by atoms with Crippen LogP contribution in [0.25, 0.3) is 0 Å². The van der Waals surface area contributed by atoms with E-state index >= 15 is 0 Å². The molecule has 0 spiro atoms. The maximum absolute atomic E-state index is 11.6. The average molecular weight is 329 g/mol. The predicted octanol–water partition coefficient (Wildman–Crippen LogP) is 4.33. The average Bonchev–Trinajstić information content (AvgIpc) is 2.62. The summed E-state index contributed by atoms with van der Waals surface area (Å²) in [6, 6.07) is 10.00. The number of aliphatic hydroxyl groups is 1. The molecule has 1 atom stereocenters. The number of likely N-dealkylation sites (tertiary alicyclic amines) is 1. The molecular formula is C22H34NO+. The zero-order valence-corrected chi connectivity index (χ0v) is 15.9. The van der Waals surface area contributed by atoms with Gasteiger partial charge in [0.25, 0.3) is 0 Å². The van der Waals surface area contributed by atoms with Gasteiger partial charge >= 0.3 is 0 Å². The van der Waals surface area contributed by atoms with E-state index in [4.69, 9.17) is 0 Å². The Bertz CT molecular complexity index is 573. The third-order valence-corrected chi connectivity index (χ3v) is 6.25. The van der Waals surface area contributed by atoms with Crippen LogP contribution >= 0.6 is 0 Å². The van der Waals surface area contributed by atoms with Crippen molar-refractivity contribution >= 4 is 0 Å². The van der Waals surface area contributed by atoms with Crippen LogP contribution < -0.4 is 0 Å². The van der Waals surface area contributed by atoms with E-state index in [1.165, 1.54) is 32.4 Å². The predicted molar refractivity (Wildman–Crippen MR) is 101 cm³/mol. The summed E-state index contributed by atoms with van der Waals surface area (Å²) in [4.78, 5) is 0. The molecule has 132 valence electrons. The van der Waals surface area contributed by atoms with Crippen molar-refractivity contribution in [3.05, 3.63) is 35.9 Å².